The van der Waals surface area contributed by atoms with Gasteiger partial charge in [-0.05, 0) is 43.7 Å². The Morgan fingerprint density at radius 3 is 2.62 bits per heavy atom. The molecule has 0 spiro atoms. The minimum absolute atomic E-state index is 0.448. The highest BCUT2D eigenvalue weighted by Crippen LogP contribution is 2.17. The molecular formula is C15H17N5O. The van der Waals surface area contributed by atoms with Crippen LogP contribution in [0.4, 0.5) is 11.5 Å². The second-order valence-corrected chi connectivity index (χ2v) is 4.59. The van der Waals surface area contributed by atoms with Crippen LogP contribution in [-0.2, 0) is 0 Å². The molecule has 1 aromatic carbocycles. The van der Waals surface area contributed by atoms with Crippen LogP contribution in [0.5, 0.6) is 5.75 Å². The fourth-order valence-corrected chi connectivity index (χ4v) is 1.77. The maximum atomic E-state index is 9.18. The molecule has 2 aromatic rings. The van der Waals surface area contributed by atoms with Gasteiger partial charge in [0.2, 0.25) is 0 Å². The molecule has 2 rings (SSSR count). The highest BCUT2D eigenvalue weighted by Gasteiger charge is 2.09. The lowest BCUT2D eigenvalue weighted by molar-refractivity contribution is 0.333. The van der Waals surface area contributed by atoms with Crippen LogP contribution in [0.2, 0.25) is 0 Å². The fourth-order valence-electron chi connectivity index (χ4n) is 1.77. The van der Waals surface area contributed by atoms with Gasteiger partial charge in [-0.2, -0.15) is 10.4 Å². The number of nitrogens with zero attached hydrogens (tertiary/aromatic N) is 3. The summed E-state index contributed by atoms with van der Waals surface area (Å²) in [6.45, 7) is 4.66. The Morgan fingerprint density at radius 1 is 1.24 bits per heavy atom. The van der Waals surface area contributed by atoms with E-state index in [1.807, 2.05) is 26.0 Å². The van der Waals surface area contributed by atoms with E-state index in [1.54, 1.807) is 12.1 Å². The van der Waals surface area contributed by atoms with Crippen LogP contribution in [0.1, 0.15) is 16.8 Å². The normalized spacial score (nSPS) is 9.95. The van der Waals surface area contributed by atoms with Crippen molar-refractivity contribution in [1.82, 2.24) is 10.2 Å². The lowest BCUT2D eigenvalue weighted by Crippen LogP contribution is -2.14. The summed E-state index contributed by atoms with van der Waals surface area (Å²) in [7, 11) is 0. The van der Waals surface area contributed by atoms with Crippen LogP contribution in [-0.4, -0.2) is 23.3 Å². The van der Waals surface area contributed by atoms with Crippen LogP contribution in [0, 0.1) is 25.2 Å². The summed E-state index contributed by atoms with van der Waals surface area (Å²) < 4.78 is 5.56. The summed E-state index contributed by atoms with van der Waals surface area (Å²) in [6, 6.07) is 9.34. The standard InChI is InChI=1S/C15H17N5O/c1-10-11(2)19-20-15(14(10)9-16)18-7-8-21-13-5-3-12(17)4-6-13/h3-6H,7-8,17H2,1-2H3,(H,18,20). The van der Waals surface area contributed by atoms with Crippen molar-refractivity contribution in [2.24, 2.45) is 0 Å². The molecule has 0 bridgehead atoms. The number of nitriles is 1. The third kappa shape index (κ3) is 3.60. The molecule has 0 fully saturated rings. The first-order valence-corrected chi connectivity index (χ1v) is 6.58. The third-order valence-electron chi connectivity index (χ3n) is 3.11. The first kappa shape index (κ1) is 14.6. The molecule has 0 unspecified atom stereocenters. The van der Waals surface area contributed by atoms with Crippen LogP contribution in [0.25, 0.3) is 0 Å². The molecule has 0 aliphatic carbocycles. The van der Waals surface area contributed by atoms with Gasteiger partial charge in [-0.1, -0.05) is 0 Å². The summed E-state index contributed by atoms with van der Waals surface area (Å²) in [5, 5.41) is 20.3. The maximum absolute atomic E-state index is 9.18. The second kappa shape index (κ2) is 6.57. The van der Waals surface area contributed by atoms with Gasteiger partial charge in [0.05, 0.1) is 12.2 Å². The van der Waals surface area contributed by atoms with E-state index in [9.17, 15) is 5.26 Å². The van der Waals surface area contributed by atoms with Crippen LogP contribution < -0.4 is 15.8 Å². The van der Waals surface area contributed by atoms with Crippen molar-refractivity contribution in [3.05, 3.63) is 41.1 Å². The Labute approximate surface area is 123 Å². The highest BCUT2D eigenvalue weighted by atomic mass is 16.5. The van der Waals surface area contributed by atoms with Crippen molar-refractivity contribution >= 4 is 11.5 Å². The molecule has 108 valence electrons. The molecule has 21 heavy (non-hydrogen) atoms. The van der Waals surface area contributed by atoms with E-state index in [0.29, 0.717) is 30.2 Å². The minimum atomic E-state index is 0.448. The Hall–Kier alpha value is -2.81. The molecule has 6 nitrogen and oxygen atoms in total. The molecule has 0 saturated carbocycles. The molecule has 0 saturated heterocycles. The van der Waals surface area contributed by atoms with Gasteiger partial charge in [-0.3, -0.25) is 0 Å². The summed E-state index contributed by atoms with van der Waals surface area (Å²) >= 11 is 0. The van der Waals surface area contributed by atoms with Crippen LogP contribution in [0.15, 0.2) is 24.3 Å². The predicted octanol–water partition coefficient (Wildman–Crippen LogP) is 2.04. The van der Waals surface area contributed by atoms with Crippen molar-refractivity contribution in [3.63, 3.8) is 0 Å². The van der Waals surface area contributed by atoms with Gasteiger partial charge in [-0.15, -0.1) is 5.10 Å². The Kier molecular flexibility index (Phi) is 4.57. The van der Waals surface area contributed by atoms with E-state index in [0.717, 1.165) is 17.0 Å². The highest BCUT2D eigenvalue weighted by molar-refractivity contribution is 5.55. The van der Waals surface area contributed by atoms with Gasteiger partial charge in [0.25, 0.3) is 0 Å². The predicted molar refractivity (Wildman–Crippen MR) is 81.1 cm³/mol. The molecular weight excluding hydrogens is 266 g/mol. The number of aromatic nitrogens is 2. The Bertz CT molecular complexity index is 661. The molecule has 0 amide bonds. The number of hydrogen-bond donors (Lipinski definition) is 2. The number of hydrogen-bond acceptors (Lipinski definition) is 6. The third-order valence-corrected chi connectivity index (χ3v) is 3.11. The Morgan fingerprint density at radius 2 is 1.95 bits per heavy atom. The van der Waals surface area contributed by atoms with E-state index in [4.69, 9.17) is 10.5 Å². The van der Waals surface area contributed by atoms with Gasteiger partial charge in [-0.25, -0.2) is 0 Å². The number of benzene rings is 1. The van der Waals surface area contributed by atoms with Gasteiger partial charge in [0.15, 0.2) is 5.82 Å². The van der Waals surface area contributed by atoms with Crippen molar-refractivity contribution in [2.45, 2.75) is 13.8 Å². The monoisotopic (exact) mass is 283 g/mol. The summed E-state index contributed by atoms with van der Waals surface area (Å²) in [5.41, 5.74) is 8.43. The molecule has 0 atom stereocenters. The molecule has 6 heteroatoms. The average molecular weight is 283 g/mol. The number of nitrogen functional groups attached to an aromatic ring is 1. The summed E-state index contributed by atoms with van der Waals surface area (Å²) in [6.07, 6.45) is 0. The maximum Gasteiger partial charge on any atom is 0.167 e. The van der Waals surface area contributed by atoms with Crippen LogP contribution in [0.3, 0.4) is 0 Å². The minimum Gasteiger partial charge on any atom is -0.492 e. The van der Waals surface area contributed by atoms with Gasteiger partial charge in [0.1, 0.15) is 24.0 Å². The number of anilines is 2. The SMILES string of the molecule is Cc1nnc(NCCOc2ccc(N)cc2)c(C#N)c1C. The molecule has 0 radical (unpaired) electrons. The van der Waals surface area contributed by atoms with Gasteiger partial charge >= 0.3 is 0 Å². The lowest BCUT2D eigenvalue weighted by Gasteiger charge is -2.10. The summed E-state index contributed by atoms with van der Waals surface area (Å²) in [4.78, 5) is 0. The van der Waals surface area contributed by atoms with Crippen molar-refractivity contribution in [1.29, 1.82) is 5.26 Å². The van der Waals surface area contributed by atoms with E-state index >= 15 is 0 Å². The largest absolute Gasteiger partial charge is 0.492 e. The van der Waals surface area contributed by atoms with Crippen molar-refractivity contribution in [2.75, 3.05) is 24.2 Å². The van der Waals surface area contributed by atoms with Gasteiger partial charge in [0, 0.05) is 5.69 Å². The number of nitrogens with two attached hydrogens (primary N) is 1. The quantitative estimate of drug-likeness (QED) is 0.644. The van der Waals surface area contributed by atoms with E-state index in [-0.39, 0.29) is 0 Å². The van der Waals surface area contributed by atoms with Crippen molar-refractivity contribution in [3.8, 4) is 11.8 Å². The van der Waals surface area contributed by atoms with E-state index in [2.05, 4.69) is 21.6 Å². The summed E-state index contributed by atoms with van der Waals surface area (Å²) in [5.74, 6) is 1.24. The topological polar surface area (TPSA) is 96.8 Å². The van der Waals surface area contributed by atoms with E-state index < -0.39 is 0 Å². The molecule has 0 aliphatic rings. The van der Waals surface area contributed by atoms with Gasteiger partial charge < -0.3 is 15.8 Å². The van der Waals surface area contributed by atoms with E-state index in [1.165, 1.54) is 0 Å². The first-order valence-electron chi connectivity index (χ1n) is 6.58. The fraction of sp³-hybridized carbons (Fsp3) is 0.267. The zero-order chi connectivity index (χ0) is 15.2. The number of rotatable bonds is 5. The molecule has 1 heterocycles. The second-order valence-electron chi connectivity index (χ2n) is 4.59. The number of ether oxygens (including phenoxy) is 1. The smallest absolute Gasteiger partial charge is 0.167 e. The Balaban J connectivity index is 1.91. The number of aryl methyl sites for hydroxylation is 1. The van der Waals surface area contributed by atoms with Crippen LogP contribution >= 0.6 is 0 Å². The first-order chi connectivity index (χ1) is 10.1. The number of nitrogens with one attached hydrogen (secondary N) is 1. The zero-order valence-electron chi connectivity index (χ0n) is 12.1. The lowest BCUT2D eigenvalue weighted by atomic mass is 10.1. The average Bonchev–Trinajstić information content (AvgIpc) is 2.49. The molecule has 3 N–H and O–H groups in total. The van der Waals surface area contributed by atoms with Crippen molar-refractivity contribution < 1.29 is 4.74 Å². The molecule has 1 aromatic heterocycles. The molecule has 0 aliphatic heterocycles. The zero-order valence-corrected chi connectivity index (χ0v) is 12.1.